The number of aryl methyl sites for hydroxylation is 1. The highest BCUT2D eigenvalue weighted by atomic mass is 32.2. The van der Waals surface area contributed by atoms with E-state index < -0.39 is 22.0 Å². The Morgan fingerprint density at radius 1 is 1.11 bits per heavy atom. The van der Waals surface area contributed by atoms with Gasteiger partial charge in [-0.1, -0.05) is 43.7 Å². The van der Waals surface area contributed by atoms with Crippen molar-refractivity contribution in [1.82, 2.24) is 4.31 Å². The molecular formula is C21H25N3O3S. The van der Waals surface area contributed by atoms with Gasteiger partial charge in [-0.2, -0.15) is 9.57 Å². The van der Waals surface area contributed by atoms with Crippen LogP contribution < -0.4 is 5.73 Å². The normalized spacial score (nSPS) is 12.7. The smallest absolute Gasteiger partial charge is 0.244 e. The molecule has 0 radical (unpaired) electrons. The number of carbonyl (C=O) groups excluding carboxylic acids is 1. The fraction of sp³-hybridized carbons (Fsp3) is 0.333. The van der Waals surface area contributed by atoms with Crippen LogP contribution in [0.15, 0.2) is 53.4 Å². The molecule has 2 N–H and O–H groups in total. The van der Waals surface area contributed by atoms with Crippen molar-refractivity contribution >= 4 is 15.9 Å². The van der Waals surface area contributed by atoms with Crippen LogP contribution in [0.25, 0.3) is 0 Å². The third-order valence-corrected chi connectivity index (χ3v) is 6.29. The first kappa shape index (κ1) is 21.6. The van der Waals surface area contributed by atoms with Crippen LogP contribution in [0.2, 0.25) is 0 Å². The van der Waals surface area contributed by atoms with Crippen molar-refractivity contribution < 1.29 is 13.2 Å². The van der Waals surface area contributed by atoms with Crippen LogP contribution in [-0.2, 0) is 21.4 Å². The zero-order valence-corrected chi connectivity index (χ0v) is 17.1. The molecule has 0 saturated heterocycles. The molecule has 148 valence electrons. The van der Waals surface area contributed by atoms with Crippen molar-refractivity contribution in [1.29, 1.82) is 5.26 Å². The Kier molecular flexibility index (Phi) is 6.95. The van der Waals surface area contributed by atoms with E-state index >= 15 is 0 Å². The minimum absolute atomic E-state index is 0.0117. The molecule has 1 amide bonds. The van der Waals surface area contributed by atoms with Crippen molar-refractivity contribution in [2.45, 2.75) is 44.7 Å². The van der Waals surface area contributed by atoms with Gasteiger partial charge in [0.1, 0.15) is 6.04 Å². The number of primary amides is 1. The lowest BCUT2D eigenvalue weighted by Gasteiger charge is -2.30. The Labute approximate surface area is 166 Å². The molecule has 0 aromatic heterocycles. The number of sulfonamides is 1. The Bertz CT molecular complexity index is 959. The summed E-state index contributed by atoms with van der Waals surface area (Å²) >= 11 is 0. The number of amides is 1. The van der Waals surface area contributed by atoms with E-state index in [1.54, 1.807) is 36.4 Å². The van der Waals surface area contributed by atoms with Gasteiger partial charge in [-0.05, 0) is 49.1 Å². The highest BCUT2D eigenvalue weighted by Crippen LogP contribution is 2.25. The lowest BCUT2D eigenvalue weighted by molar-refractivity contribution is -0.122. The largest absolute Gasteiger partial charge is 0.368 e. The summed E-state index contributed by atoms with van der Waals surface area (Å²) in [5, 5.41) is 8.95. The maximum absolute atomic E-state index is 13.4. The maximum atomic E-state index is 13.4. The van der Waals surface area contributed by atoms with E-state index in [0.717, 1.165) is 5.56 Å². The summed E-state index contributed by atoms with van der Waals surface area (Å²) in [6, 6.07) is 14.2. The second kappa shape index (κ2) is 9.00. The Morgan fingerprint density at radius 2 is 1.68 bits per heavy atom. The number of nitriles is 1. The number of benzene rings is 2. The zero-order valence-electron chi connectivity index (χ0n) is 16.3. The number of nitrogens with two attached hydrogens (primary N) is 1. The summed E-state index contributed by atoms with van der Waals surface area (Å²) in [4.78, 5) is 12.3. The molecule has 2 rings (SSSR count). The molecule has 0 saturated carbocycles. The van der Waals surface area contributed by atoms with Crippen LogP contribution in [0.3, 0.4) is 0 Å². The van der Waals surface area contributed by atoms with Gasteiger partial charge in [-0.25, -0.2) is 8.42 Å². The molecule has 0 bridgehead atoms. The Morgan fingerprint density at radius 3 is 2.14 bits per heavy atom. The molecule has 0 fully saturated rings. The van der Waals surface area contributed by atoms with Crippen molar-refractivity contribution in [3.63, 3.8) is 0 Å². The SMILES string of the molecule is Cc1ccc(S(=O)(=O)N(Cc2ccc(C#N)cc2)[C@H](CC(C)C)C(N)=O)cc1. The molecule has 0 aliphatic rings. The van der Waals surface area contributed by atoms with Crippen LogP contribution in [-0.4, -0.2) is 24.7 Å². The fourth-order valence-electron chi connectivity index (χ4n) is 2.90. The average Bonchev–Trinajstić information content (AvgIpc) is 2.65. The van der Waals surface area contributed by atoms with Gasteiger partial charge in [0, 0.05) is 6.54 Å². The predicted molar refractivity (Wildman–Crippen MR) is 108 cm³/mol. The molecule has 0 aliphatic heterocycles. The molecule has 1 atom stereocenters. The highest BCUT2D eigenvalue weighted by Gasteiger charge is 2.35. The number of carbonyl (C=O) groups is 1. The molecule has 7 heteroatoms. The molecule has 28 heavy (non-hydrogen) atoms. The van der Waals surface area contributed by atoms with Gasteiger partial charge in [0.2, 0.25) is 15.9 Å². The number of hydrogen-bond acceptors (Lipinski definition) is 4. The molecule has 2 aromatic rings. The summed E-state index contributed by atoms with van der Waals surface area (Å²) in [6.45, 7) is 5.68. The minimum Gasteiger partial charge on any atom is -0.368 e. The average molecular weight is 400 g/mol. The fourth-order valence-corrected chi connectivity index (χ4v) is 4.49. The van der Waals surface area contributed by atoms with Crippen molar-refractivity contribution in [2.24, 2.45) is 11.7 Å². The van der Waals surface area contributed by atoms with Gasteiger partial charge in [0.05, 0.1) is 16.5 Å². The summed E-state index contributed by atoms with van der Waals surface area (Å²) in [7, 11) is -3.95. The van der Waals surface area contributed by atoms with Crippen molar-refractivity contribution in [3.05, 3.63) is 65.2 Å². The first-order valence-electron chi connectivity index (χ1n) is 9.02. The summed E-state index contributed by atoms with van der Waals surface area (Å²) < 4.78 is 27.9. The van der Waals surface area contributed by atoms with Crippen LogP contribution in [0.5, 0.6) is 0 Å². The standard InChI is InChI=1S/C21H25N3O3S/c1-15(2)12-20(21(23)25)24(14-18-8-6-17(13-22)7-9-18)28(26,27)19-10-4-16(3)5-11-19/h4-11,15,20H,12,14H2,1-3H3,(H2,23,25)/t20-/m1/s1. The van der Waals surface area contributed by atoms with E-state index in [1.165, 1.54) is 16.4 Å². The Balaban J connectivity index is 2.51. The number of nitrogens with zero attached hydrogens (tertiary/aromatic N) is 2. The van der Waals surface area contributed by atoms with Crippen LogP contribution >= 0.6 is 0 Å². The molecule has 0 spiro atoms. The van der Waals surface area contributed by atoms with Crippen molar-refractivity contribution in [3.8, 4) is 6.07 Å². The first-order chi connectivity index (χ1) is 13.1. The second-order valence-electron chi connectivity index (χ2n) is 7.22. The van der Waals surface area contributed by atoms with Crippen LogP contribution in [0.4, 0.5) is 0 Å². The summed E-state index contributed by atoms with van der Waals surface area (Å²) in [5.74, 6) is -0.604. The van der Waals surface area contributed by atoms with E-state index in [4.69, 9.17) is 11.0 Å². The number of hydrogen-bond donors (Lipinski definition) is 1. The van der Waals surface area contributed by atoms with E-state index in [0.29, 0.717) is 17.5 Å². The monoisotopic (exact) mass is 399 g/mol. The van der Waals surface area contributed by atoms with Gasteiger partial charge >= 0.3 is 0 Å². The summed E-state index contributed by atoms with van der Waals surface area (Å²) in [5.41, 5.74) is 7.68. The van der Waals surface area contributed by atoms with Crippen LogP contribution in [0.1, 0.15) is 37.0 Å². The third kappa shape index (κ3) is 5.18. The van der Waals surface area contributed by atoms with Gasteiger partial charge in [0.25, 0.3) is 0 Å². The zero-order chi connectivity index (χ0) is 20.9. The van der Waals surface area contributed by atoms with Crippen molar-refractivity contribution in [2.75, 3.05) is 0 Å². The van der Waals surface area contributed by atoms with Gasteiger partial charge in [-0.15, -0.1) is 0 Å². The van der Waals surface area contributed by atoms with E-state index in [2.05, 4.69) is 0 Å². The molecule has 0 heterocycles. The lowest BCUT2D eigenvalue weighted by Crippen LogP contribution is -2.48. The third-order valence-electron chi connectivity index (χ3n) is 4.42. The predicted octanol–water partition coefficient (Wildman–Crippen LogP) is 2.96. The topological polar surface area (TPSA) is 104 Å². The van der Waals surface area contributed by atoms with Gasteiger partial charge in [-0.3, -0.25) is 4.79 Å². The minimum atomic E-state index is -3.95. The molecule has 0 aliphatic carbocycles. The Hall–Kier alpha value is -2.69. The van der Waals surface area contributed by atoms with E-state index in [-0.39, 0.29) is 17.4 Å². The number of rotatable bonds is 8. The quantitative estimate of drug-likeness (QED) is 0.737. The van der Waals surface area contributed by atoms with Gasteiger partial charge < -0.3 is 5.73 Å². The lowest BCUT2D eigenvalue weighted by atomic mass is 10.0. The molecular weight excluding hydrogens is 374 g/mol. The molecule has 2 aromatic carbocycles. The second-order valence-corrected chi connectivity index (χ2v) is 9.11. The van der Waals surface area contributed by atoms with Crippen LogP contribution in [0, 0.1) is 24.2 Å². The van der Waals surface area contributed by atoms with E-state index in [9.17, 15) is 13.2 Å². The van der Waals surface area contributed by atoms with E-state index in [1.807, 2.05) is 26.8 Å². The molecule has 0 unspecified atom stereocenters. The van der Waals surface area contributed by atoms with Gasteiger partial charge in [0.15, 0.2) is 0 Å². The summed E-state index contributed by atoms with van der Waals surface area (Å²) in [6.07, 6.45) is 0.316. The highest BCUT2D eigenvalue weighted by molar-refractivity contribution is 7.89. The maximum Gasteiger partial charge on any atom is 0.244 e. The first-order valence-corrected chi connectivity index (χ1v) is 10.5. The molecule has 6 nitrogen and oxygen atoms in total.